The fourth-order valence-corrected chi connectivity index (χ4v) is 4.17. The van der Waals surface area contributed by atoms with Crippen LogP contribution in [0, 0.1) is 0 Å². The molecule has 0 fully saturated rings. The van der Waals surface area contributed by atoms with Crippen molar-refractivity contribution in [3.8, 4) is 0 Å². The number of benzene rings is 1. The molecule has 0 aliphatic heterocycles. The van der Waals surface area contributed by atoms with E-state index in [1.54, 1.807) is 0 Å². The molecule has 0 saturated carbocycles. The lowest BCUT2D eigenvalue weighted by molar-refractivity contribution is 0.108. The average molecular weight is 367 g/mol. The Labute approximate surface area is 152 Å². The van der Waals surface area contributed by atoms with Crippen LogP contribution in [0.15, 0.2) is 30.3 Å². The van der Waals surface area contributed by atoms with Crippen molar-refractivity contribution in [2.24, 2.45) is 0 Å². The smallest absolute Gasteiger partial charge is 0.193 e. The van der Waals surface area contributed by atoms with E-state index in [-0.39, 0.29) is 16.2 Å². The molecule has 0 saturated heterocycles. The normalized spacial score (nSPS) is 15.4. The van der Waals surface area contributed by atoms with E-state index in [0.29, 0.717) is 6.61 Å². The third-order valence-electron chi connectivity index (χ3n) is 5.82. The molecule has 2 nitrogen and oxygen atoms in total. The Morgan fingerprint density at radius 1 is 0.792 bits per heavy atom. The first-order valence-electron chi connectivity index (χ1n) is 9.04. The summed E-state index contributed by atoms with van der Waals surface area (Å²) in [5.74, 6) is 0. The van der Waals surface area contributed by atoms with Gasteiger partial charge in [0.1, 0.15) is 0 Å². The van der Waals surface area contributed by atoms with E-state index in [2.05, 4.69) is 98.1 Å². The molecule has 1 aromatic rings. The van der Waals surface area contributed by atoms with Gasteiger partial charge >= 0.3 is 0 Å². The molecule has 1 atom stereocenters. The van der Waals surface area contributed by atoms with Crippen LogP contribution in [0.4, 0.5) is 0 Å². The molecule has 0 heterocycles. The Hall–Kier alpha value is -0.426. The number of hydrogen-bond acceptors (Lipinski definition) is 2. The molecule has 4 heteroatoms. The lowest BCUT2D eigenvalue weighted by Gasteiger charge is -2.41. The molecule has 0 bridgehead atoms. The minimum absolute atomic E-state index is 0.0150. The van der Waals surface area contributed by atoms with Crippen LogP contribution in [-0.2, 0) is 8.85 Å². The summed E-state index contributed by atoms with van der Waals surface area (Å²) in [5, 5.41) is 0.405. The summed E-state index contributed by atoms with van der Waals surface area (Å²) in [7, 11) is -3.64. The Kier molecular flexibility index (Phi) is 6.70. The van der Waals surface area contributed by atoms with Crippen molar-refractivity contribution in [1.82, 2.24) is 0 Å². The van der Waals surface area contributed by atoms with Crippen molar-refractivity contribution in [2.45, 2.75) is 83.9 Å². The van der Waals surface area contributed by atoms with Gasteiger partial charge in [-0.05, 0) is 41.8 Å². The topological polar surface area (TPSA) is 18.5 Å². The van der Waals surface area contributed by atoms with Crippen molar-refractivity contribution >= 4 is 16.6 Å². The fraction of sp³-hybridized carbons (Fsp3) is 0.700. The SMILES string of the molecule is CC(C)(C)[Si](C)(C)OC[C@@H](O[Si](C)(C)C(C)(C)C)c1ccccc1. The monoisotopic (exact) mass is 366 g/mol. The second-order valence-electron chi connectivity index (χ2n) is 9.85. The van der Waals surface area contributed by atoms with Gasteiger partial charge in [0, 0.05) is 0 Å². The van der Waals surface area contributed by atoms with Crippen LogP contribution in [0.2, 0.25) is 36.3 Å². The van der Waals surface area contributed by atoms with Gasteiger partial charge in [0.15, 0.2) is 16.6 Å². The molecular formula is C20H38O2Si2. The predicted octanol–water partition coefficient (Wildman–Crippen LogP) is 6.77. The van der Waals surface area contributed by atoms with E-state index in [1.165, 1.54) is 5.56 Å². The molecule has 138 valence electrons. The van der Waals surface area contributed by atoms with E-state index >= 15 is 0 Å². The van der Waals surface area contributed by atoms with Crippen molar-refractivity contribution in [2.75, 3.05) is 6.61 Å². The van der Waals surface area contributed by atoms with Crippen LogP contribution in [0.3, 0.4) is 0 Å². The van der Waals surface area contributed by atoms with Gasteiger partial charge in [-0.15, -0.1) is 0 Å². The maximum Gasteiger partial charge on any atom is 0.193 e. The summed E-state index contributed by atoms with van der Waals surface area (Å²) >= 11 is 0. The number of rotatable bonds is 6. The van der Waals surface area contributed by atoms with Gasteiger partial charge < -0.3 is 8.85 Å². The highest BCUT2D eigenvalue weighted by molar-refractivity contribution is 6.74. The van der Waals surface area contributed by atoms with Crippen molar-refractivity contribution in [1.29, 1.82) is 0 Å². The van der Waals surface area contributed by atoms with Gasteiger partial charge in [-0.2, -0.15) is 0 Å². The summed E-state index contributed by atoms with van der Waals surface area (Å²) in [4.78, 5) is 0. The second-order valence-corrected chi connectivity index (χ2v) is 19.4. The molecule has 0 amide bonds. The highest BCUT2D eigenvalue weighted by atomic mass is 28.4. The Bertz CT molecular complexity index is 511. The lowest BCUT2D eigenvalue weighted by atomic mass is 10.1. The zero-order valence-corrected chi connectivity index (χ0v) is 19.5. The Balaban J connectivity index is 3.01. The highest BCUT2D eigenvalue weighted by Gasteiger charge is 2.41. The Morgan fingerprint density at radius 2 is 1.25 bits per heavy atom. The lowest BCUT2D eigenvalue weighted by Crippen LogP contribution is -2.45. The van der Waals surface area contributed by atoms with Crippen molar-refractivity contribution in [3.63, 3.8) is 0 Å². The zero-order valence-electron chi connectivity index (χ0n) is 17.5. The quantitative estimate of drug-likeness (QED) is 0.517. The van der Waals surface area contributed by atoms with E-state index in [0.717, 1.165) is 0 Å². The largest absolute Gasteiger partial charge is 0.414 e. The Morgan fingerprint density at radius 3 is 1.67 bits per heavy atom. The molecule has 0 radical (unpaired) electrons. The first kappa shape index (κ1) is 21.6. The highest BCUT2D eigenvalue weighted by Crippen LogP contribution is 2.41. The molecule has 0 N–H and O–H groups in total. The summed E-state index contributed by atoms with van der Waals surface area (Å²) in [6.07, 6.45) is 0.0150. The maximum atomic E-state index is 6.73. The van der Waals surface area contributed by atoms with Crippen LogP contribution < -0.4 is 0 Å². The van der Waals surface area contributed by atoms with Crippen LogP contribution in [0.5, 0.6) is 0 Å². The van der Waals surface area contributed by atoms with E-state index < -0.39 is 16.6 Å². The summed E-state index contributed by atoms with van der Waals surface area (Å²) in [5.41, 5.74) is 1.22. The summed E-state index contributed by atoms with van der Waals surface area (Å²) in [6, 6.07) is 10.6. The van der Waals surface area contributed by atoms with Gasteiger partial charge in [0.2, 0.25) is 0 Å². The molecule has 0 aromatic heterocycles. The van der Waals surface area contributed by atoms with E-state index in [1.807, 2.05) is 0 Å². The standard InChI is InChI=1S/C20H38O2Si2/c1-19(2,3)23(7,8)21-16-18(17-14-12-11-13-15-17)22-24(9,10)20(4,5)6/h11-15,18H,16H2,1-10H3/t18-/m1/s1. The molecular weight excluding hydrogens is 328 g/mol. The summed E-state index contributed by atoms with van der Waals surface area (Å²) in [6.45, 7) is 23.6. The molecule has 0 unspecified atom stereocenters. The maximum absolute atomic E-state index is 6.73. The van der Waals surface area contributed by atoms with E-state index in [9.17, 15) is 0 Å². The van der Waals surface area contributed by atoms with Crippen LogP contribution in [0.25, 0.3) is 0 Å². The molecule has 0 aliphatic rings. The second kappa shape index (κ2) is 7.44. The van der Waals surface area contributed by atoms with Gasteiger partial charge in [-0.25, -0.2) is 0 Å². The molecule has 24 heavy (non-hydrogen) atoms. The third kappa shape index (κ3) is 5.55. The fourth-order valence-electron chi connectivity index (χ4n) is 1.90. The van der Waals surface area contributed by atoms with Crippen molar-refractivity contribution in [3.05, 3.63) is 35.9 Å². The first-order chi connectivity index (χ1) is 10.7. The third-order valence-corrected chi connectivity index (χ3v) is 14.8. The molecule has 0 aliphatic carbocycles. The number of hydrogen-bond donors (Lipinski definition) is 0. The first-order valence-corrected chi connectivity index (χ1v) is 14.9. The average Bonchev–Trinajstić information content (AvgIpc) is 2.42. The molecule has 1 aromatic carbocycles. The minimum atomic E-state index is -1.86. The molecule has 1 rings (SSSR count). The van der Waals surface area contributed by atoms with Crippen LogP contribution >= 0.6 is 0 Å². The van der Waals surface area contributed by atoms with Crippen molar-refractivity contribution < 1.29 is 8.85 Å². The van der Waals surface area contributed by atoms with Crippen LogP contribution in [0.1, 0.15) is 53.2 Å². The van der Waals surface area contributed by atoms with Crippen LogP contribution in [-0.4, -0.2) is 23.2 Å². The van der Waals surface area contributed by atoms with E-state index in [4.69, 9.17) is 8.85 Å². The summed E-state index contributed by atoms with van der Waals surface area (Å²) < 4.78 is 13.2. The van der Waals surface area contributed by atoms with Gasteiger partial charge in [0.05, 0.1) is 12.7 Å². The van der Waals surface area contributed by atoms with Gasteiger partial charge in [0.25, 0.3) is 0 Å². The zero-order chi connectivity index (χ0) is 18.8. The van der Waals surface area contributed by atoms with Gasteiger partial charge in [-0.1, -0.05) is 71.9 Å². The molecule has 0 spiro atoms. The minimum Gasteiger partial charge on any atom is -0.414 e. The predicted molar refractivity (Wildman–Crippen MR) is 111 cm³/mol. The van der Waals surface area contributed by atoms with Gasteiger partial charge in [-0.3, -0.25) is 0 Å².